The molecule has 1 saturated heterocycles. The summed E-state index contributed by atoms with van der Waals surface area (Å²) in [6.07, 6.45) is 3.78. The van der Waals surface area contributed by atoms with Gasteiger partial charge in [-0.25, -0.2) is 8.42 Å². The molecular weight excluding hydrogens is 240 g/mol. The van der Waals surface area contributed by atoms with Gasteiger partial charge in [0, 0.05) is 0 Å². The molecule has 17 heavy (non-hydrogen) atoms. The Balaban J connectivity index is 2.22. The van der Waals surface area contributed by atoms with Gasteiger partial charge in [-0.2, -0.15) is 0 Å². The lowest BCUT2D eigenvalue weighted by Crippen LogP contribution is -2.37. The summed E-state index contributed by atoms with van der Waals surface area (Å²) < 4.78 is 23.0. The molecule has 0 aromatic carbocycles. The maximum Gasteiger partial charge on any atom is 0.309 e. The molecule has 0 aromatic heterocycles. The first kappa shape index (κ1) is 12.9. The summed E-state index contributed by atoms with van der Waals surface area (Å²) in [5.74, 6) is -0.245. The molecule has 5 heteroatoms. The van der Waals surface area contributed by atoms with Crippen molar-refractivity contribution in [1.82, 2.24) is 0 Å². The van der Waals surface area contributed by atoms with Crippen molar-refractivity contribution < 1.29 is 18.3 Å². The molecule has 3 unspecified atom stereocenters. The van der Waals surface area contributed by atoms with Crippen LogP contribution in [0.2, 0.25) is 0 Å². The molecule has 0 spiro atoms. The van der Waals surface area contributed by atoms with E-state index in [0.29, 0.717) is 25.2 Å². The number of hydrogen-bond acceptors (Lipinski definition) is 3. The summed E-state index contributed by atoms with van der Waals surface area (Å²) in [5, 5.41) is 9.51. The van der Waals surface area contributed by atoms with Crippen LogP contribution in [0.5, 0.6) is 0 Å². The number of aliphatic carboxylic acids is 1. The quantitative estimate of drug-likeness (QED) is 0.838. The zero-order valence-electron chi connectivity index (χ0n) is 10.2. The van der Waals surface area contributed by atoms with Gasteiger partial charge in [-0.3, -0.25) is 4.79 Å². The van der Waals surface area contributed by atoms with Crippen molar-refractivity contribution in [3.8, 4) is 0 Å². The fourth-order valence-corrected chi connectivity index (χ4v) is 5.41. The Morgan fingerprint density at radius 1 is 1.41 bits per heavy atom. The minimum atomic E-state index is -2.99. The van der Waals surface area contributed by atoms with Crippen LogP contribution in [0, 0.1) is 17.3 Å². The van der Waals surface area contributed by atoms with Gasteiger partial charge in [0.2, 0.25) is 0 Å². The Bertz CT molecular complexity index is 414. The predicted molar refractivity (Wildman–Crippen MR) is 64.5 cm³/mol. The smallest absolute Gasteiger partial charge is 0.309 e. The van der Waals surface area contributed by atoms with Crippen LogP contribution in [-0.4, -0.2) is 31.0 Å². The van der Waals surface area contributed by atoms with Gasteiger partial charge in [0.1, 0.15) is 0 Å². The second-order valence-corrected chi connectivity index (χ2v) is 7.81. The highest BCUT2D eigenvalue weighted by Gasteiger charge is 2.53. The fraction of sp³-hybridized carbons (Fsp3) is 0.917. The minimum Gasteiger partial charge on any atom is -0.481 e. The Morgan fingerprint density at radius 2 is 2.12 bits per heavy atom. The number of hydrogen-bond donors (Lipinski definition) is 1. The van der Waals surface area contributed by atoms with Crippen molar-refractivity contribution in [2.75, 3.05) is 11.5 Å². The number of sulfone groups is 1. The van der Waals surface area contributed by atoms with Crippen LogP contribution in [0.15, 0.2) is 0 Å². The maximum absolute atomic E-state index is 11.6. The molecule has 2 rings (SSSR count). The average molecular weight is 260 g/mol. The number of carboxylic acids is 1. The van der Waals surface area contributed by atoms with Crippen molar-refractivity contribution >= 4 is 15.8 Å². The van der Waals surface area contributed by atoms with Gasteiger partial charge in [0.05, 0.1) is 16.9 Å². The van der Waals surface area contributed by atoms with Gasteiger partial charge >= 0.3 is 5.97 Å². The van der Waals surface area contributed by atoms with E-state index in [2.05, 4.69) is 6.92 Å². The van der Waals surface area contributed by atoms with Crippen molar-refractivity contribution in [2.45, 2.75) is 39.0 Å². The van der Waals surface area contributed by atoms with Crippen LogP contribution < -0.4 is 0 Å². The lowest BCUT2D eigenvalue weighted by atomic mass is 9.73. The molecule has 2 aliphatic rings. The van der Waals surface area contributed by atoms with Gasteiger partial charge in [-0.1, -0.05) is 13.3 Å². The van der Waals surface area contributed by atoms with E-state index in [-0.39, 0.29) is 17.4 Å². The summed E-state index contributed by atoms with van der Waals surface area (Å²) in [4.78, 5) is 11.6. The molecular formula is C12H20O4S. The lowest BCUT2D eigenvalue weighted by molar-refractivity contribution is -0.152. The third-order valence-corrected chi connectivity index (χ3v) is 6.44. The first-order chi connectivity index (χ1) is 7.89. The number of rotatable bonds is 3. The molecule has 0 aromatic rings. The van der Waals surface area contributed by atoms with Gasteiger partial charge in [-0.05, 0) is 37.5 Å². The molecule has 1 N–H and O–H groups in total. The maximum atomic E-state index is 11.6. The second-order valence-electron chi connectivity index (χ2n) is 5.58. The molecule has 1 heterocycles. The highest BCUT2D eigenvalue weighted by atomic mass is 32.2. The highest BCUT2D eigenvalue weighted by Crippen LogP contribution is 2.51. The number of carbonyl (C=O) groups is 1. The van der Waals surface area contributed by atoms with Crippen molar-refractivity contribution in [2.24, 2.45) is 17.3 Å². The van der Waals surface area contributed by atoms with Crippen LogP contribution in [-0.2, 0) is 14.6 Å². The molecule has 0 amide bonds. The van der Waals surface area contributed by atoms with Crippen LogP contribution in [0.1, 0.15) is 39.0 Å². The molecule has 0 radical (unpaired) electrons. The van der Waals surface area contributed by atoms with Gasteiger partial charge in [-0.15, -0.1) is 0 Å². The Morgan fingerprint density at radius 3 is 2.53 bits per heavy atom. The molecule has 1 saturated carbocycles. The van der Waals surface area contributed by atoms with Crippen LogP contribution >= 0.6 is 0 Å². The Labute approximate surface area is 102 Å². The summed E-state index contributed by atoms with van der Waals surface area (Å²) in [5.41, 5.74) is -0.760. The normalized spacial score (nSPS) is 40.5. The molecule has 3 atom stereocenters. The molecule has 98 valence electrons. The monoisotopic (exact) mass is 260 g/mol. The van der Waals surface area contributed by atoms with Gasteiger partial charge in [0.25, 0.3) is 0 Å². The highest BCUT2D eigenvalue weighted by molar-refractivity contribution is 7.91. The fourth-order valence-electron chi connectivity index (χ4n) is 3.50. The summed E-state index contributed by atoms with van der Waals surface area (Å²) >= 11 is 0. The van der Waals surface area contributed by atoms with E-state index in [9.17, 15) is 18.3 Å². The standard InChI is InChI=1S/C12H20O4S/c1-2-9-3-5-12(7-9,11(13)14)10-4-6-17(15,16)8-10/h9-10H,2-8H2,1H3,(H,13,14). The van der Waals surface area contributed by atoms with E-state index in [4.69, 9.17) is 0 Å². The largest absolute Gasteiger partial charge is 0.481 e. The zero-order chi connectivity index (χ0) is 12.7. The van der Waals surface area contributed by atoms with E-state index < -0.39 is 21.2 Å². The van der Waals surface area contributed by atoms with E-state index in [1.807, 2.05) is 0 Å². The third kappa shape index (κ3) is 2.21. The Hall–Kier alpha value is -0.580. The van der Waals surface area contributed by atoms with E-state index in [1.54, 1.807) is 0 Å². The van der Waals surface area contributed by atoms with Gasteiger partial charge < -0.3 is 5.11 Å². The molecule has 4 nitrogen and oxygen atoms in total. The van der Waals surface area contributed by atoms with Crippen LogP contribution in [0.25, 0.3) is 0 Å². The SMILES string of the molecule is CCC1CCC(C(=O)O)(C2CCS(=O)(=O)C2)C1. The first-order valence-corrected chi connectivity index (χ1v) is 8.15. The van der Waals surface area contributed by atoms with E-state index >= 15 is 0 Å². The second kappa shape index (κ2) is 4.26. The third-order valence-electron chi connectivity index (χ3n) is 4.67. The van der Waals surface area contributed by atoms with E-state index in [1.165, 1.54) is 0 Å². The molecule has 2 fully saturated rings. The summed E-state index contributed by atoms with van der Waals surface area (Å²) in [6.45, 7) is 2.08. The lowest BCUT2D eigenvalue weighted by Gasteiger charge is -2.30. The van der Waals surface area contributed by atoms with E-state index in [0.717, 1.165) is 12.8 Å². The summed E-state index contributed by atoms with van der Waals surface area (Å²) in [6, 6.07) is 0. The summed E-state index contributed by atoms with van der Waals surface area (Å²) in [7, 11) is -2.99. The molecule has 0 bridgehead atoms. The predicted octanol–water partition coefficient (Wildman–Crippen LogP) is 1.70. The molecule has 1 aliphatic heterocycles. The zero-order valence-corrected chi connectivity index (χ0v) is 11.0. The number of carboxylic acid groups (broad SMARTS) is 1. The average Bonchev–Trinajstić information content (AvgIpc) is 2.82. The first-order valence-electron chi connectivity index (χ1n) is 6.33. The minimum absolute atomic E-state index is 0.0791. The Kier molecular flexibility index (Phi) is 3.23. The van der Waals surface area contributed by atoms with Crippen molar-refractivity contribution in [1.29, 1.82) is 0 Å². The van der Waals surface area contributed by atoms with Crippen molar-refractivity contribution in [3.63, 3.8) is 0 Å². The molecule has 1 aliphatic carbocycles. The topological polar surface area (TPSA) is 71.4 Å². The van der Waals surface area contributed by atoms with Crippen molar-refractivity contribution in [3.05, 3.63) is 0 Å². The van der Waals surface area contributed by atoms with Gasteiger partial charge in [0.15, 0.2) is 9.84 Å². The van der Waals surface area contributed by atoms with Crippen LogP contribution in [0.3, 0.4) is 0 Å². The van der Waals surface area contributed by atoms with Crippen LogP contribution in [0.4, 0.5) is 0 Å².